The minimum atomic E-state index is -1.05. The van der Waals surface area contributed by atoms with Gasteiger partial charge >= 0.3 is 12.0 Å². The summed E-state index contributed by atoms with van der Waals surface area (Å²) in [5, 5.41) is 5.22. The highest BCUT2D eigenvalue weighted by Crippen LogP contribution is 2.26. The number of para-hydroxylation sites is 1. The van der Waals surface area contributed by atoms with Crippen LogP contribution in [-0.4, -0.2) is 30.1 Å². The number of ether oxygens (including phenoxy) is 1. The van der Waals surface area contributed by atoms with Gasteiger partial charge in [0.05, 0.1) is 0 Å². The molecule has 7 nitrogen and oxygen atoms in total. The molecular formula is C23H29N3O4. The third kappa shape index (κ3) is 6.62. The van der Waals surface area contributed by atoms with Gasteiger partial charge < -0.3 is 21.1 Å². The first kappa shape index (κ1) is 22.9. The molecule has 0 unspecified atom stereocenters. The van der Waals surface area contributed by atoms with Crippen LogP contribution < -0.4 is 16.4 Å². The summed E-state index contributed by atoms with van der Waals surface area (Å²) in [6.45, 7) is 5.65. The van der Waals surface area contributed by atoms with Crippen LogP contribution in [0.4, 0.5) is 10.5 Å². The molecule has 0 saturated carbocycles. The summed E-state index contributed by atoms with van der Waals surface area (Å²) < 4.78 is 5.33. The molecule has 2 aromatic rings. The molecule has 0 saturated heterocycles. The van der Waals surface area contributed by atoms with Crippen molar-refractivity contribution >= 4 is 23.6 Å². The fourth-order valence-electron chi connectivity index (χ4n) is 3.02. The Kier molecular flexibility index (Phi) is 8.41. The Morgan fingerprint density at radius 1 is 1.00 bits per heavy atom. The number of anilines is 1. The summed E-state index contributed by atoms with van der Waals surface area (Å²) in [4.78, 5) is 36.5. The Morgan fingerprint density at radius 3 is 2.27 bits per heavy atom. The summed E-state index contributed by atoms with van der Waals surface area (Å²) in [6.07, 6.45) is 0.0842. The Morgan fingerprint density at radius 2 is 1.63 bits per heavy atom. The highest BCUT2D eigenvalue weighted by Gasteiger charge is 2.26. The molecule has 7 heteroatoms. The first-order valence-electron chi connectivity index (χ1n) is 10.0. The topological polar surface area (TPSA) is 111 Å². The van der Waals surface area contributed by atoms with Gasteiger partial charge in [-0.15, -0.1) is 0 Å². The van der Waals surface area contributed by atoms with E-state index in [9.17, 15) is 14.4 Å². The van der Waals surface area contributed by atoms with Crippen LogP contribution in [0, 0.1) is 0 Å². The van der Waals surface area contributed by atoms with Gasteiger partial charge in [-0.2, -0.15) is 0 Å². The number of rotatable bonds is 9. The molecule has 0 aromatic heterocycles. The lowest BCUT2D eigenvalue weighted by Gasteiger charge is -2.21. The number of nitrogens with two attached hydrogens (primary N) is 1. The van der Waals surface area contributed by atoms with Crippen molar-refractivity contribution in [2.45, 2.75) is 51.7 Å². The number of hydrogen-bond acceptors (Lipinski definition) is 4. The van der Waals surface area contributed by atoms with Crippen molar-refractivity contribution in [3.63, 3.8) is 0 Å². The van der Waals surface area contributed by atoms with E-state index in [0.29, 0.717) is 5.69 Å². The number of nitrogens with one attached hydrogen (secondary N) is 2. The van der Waals surface area contributed by atoms with Crippen LogP contribution in [0.2, 0.25) is 0 Å². The summed E-state index contributed by atoms with van der Waals surface area (Å²) in [5.74, 6) is -0.901. The van der Waals surface area contributed by atoms with Gasteiger partial charge in [0.25, 0.3) is 5.91 Å². The van der Waals surface area contributed by atoms with E-state index >= 15 is 0 Å². The second-order valence-corrected chi connectivity index (χ2v) is 7.22. The molecule has 0 bridgehead atoms. The average Bonchev–Trinajstić information content (AvgIpc) is 2.73. The molecule has 0 fully saturated rings. The standard InChI is InChI=1S/C23H29N3O4/c1-4-15(2)18-12-8-9-13-19(18)25-21(27)16(3)30-22(28)20(26-23(24)29)14-17-10-6-5-7-11-17/h5-13,15-16,20H,4,14H2,1-3H3,(H,25,27)(H3,24,26,29)/t15-,16-,20+/m1/s1. The largest absolute Gasteiger partial charge is 0.451 e. The summed E-state index contributed by atoms with van der Waals surface area (Å²) in [5.41, 5.74) is 7.73. The summed E-state index contributed by atoms with van der Waals surface area (Å²) in [6, 6.07) is 14.9. The number of urea groups is 1. The lowest BCUT2D eigenvalue weighted by molar-refractivity contribution is -0.155. The third-order valence-electron chi connectivity index (χ3n) is 4.91. The molecule has 4 N–H and O–H groups in total. The van der Waals surface area contributed by atoms with Crippen molar-refractivity contribution in [3.8, 4) is 0 Å². The van der Waals surface area contributed by atoms with Crippen LogP contribution in [0.3, 0.4) is 0 Å². The van der Waals surface area contributed by atoms with Crippen LogP contribution in [0.5, 0.6) is 0 Å². The first-order chi connectivity index (χ1) is 14.3. The second kappa shape index (κ2) is 11.0. The van der Waals surface area contributed by atoms with Crippen molar-refractivity contribution in [2.75, 3.05) is 5.32 Å². The van der Waals surface area contributed by atoms with E-state index in [-0.39, 0.29) is 12.3 Å². The molecule has 0 spiro atoms. The zero-order chi connectivity index (χ0) is 22.1. The minimum Gasteiger partial charge on any atom is -0.451 e. The molecule has 0 radical (unpaired) electrons. The van der Waals surface area contributed by atoms with Gasteiger partial charge in [0.2, 0.25) is 0 Å². The molecule has 0 aliphatic carbocycles. The quantitative estimate of drug-likeness (QED) is 0.550. The molecule has 0 aliphatic rings. The van der Waals surface area contributed by atoms with Crippen LogP contribution in [-0.2, 0) is 20.7 Å². The number of carbonyl (C=O) groups excluding carboxylic acids is 3. The number of carbonyl (C=O) groups is 3. The van der Waals surface area contributed by atoms with Gasteiger partial charge in [-0.1, -0.05) is 62.4 Å². The number of benzene rings is 2. The third-order valence-corrected chi connectivity index (χ3v) is 4.91. The maximum Gasteiger partial charge on any atom is 0.329 e. The van der Waals surface area contributed by atoms with Gasteiger partial charge in [0.15, 0.2) is 6.10 Å². The molecule has 3 atom stereocenters. The molecule has 30 heavy (non-hydrogen) atoms. The van der Waals surface area contributed by atoms with E-state index in [1.165, 1.54) is 6.92 Å². The van der Waals surface area contributed by atoms with E-state index in [0.717, 1.165) is 17.5 Å². The second-order valence-electron chi connectivity index (χ2n) is 7.22. The minimum absolute atomic E-state index is 0.202. The Bertz CT molecular complexity index is 870. The molecular weight excluding hydrogens is 382 g/mol. The van der Waals surface area contributed by atoms with Crippen molar-refractivity contribution in [3.05, 3.63) is 65.7 Å². The number of primary amides is 1. The SMILES string of the molecule is CC[C@@H](C)c1ccccc1NC(=O)[C@@H](C)OC(=O)[C@H](Cc1ccccc1)NC(N)=O. The summed E-state index contributed by atoms with van der Waals surface area (Å²) in [7, 11) is 0. The van der Waals surface area contributed by atoms with Gasteiger partial charge in [-0.05, 0) is 36.5 Å². The van der Waals surface area contributed by atoms with Crippen LogP contribution in [0.1, 0.15) is 44.2 Å². The molecule has 0 aliphatic heterocycles. The van der Waals surface area contributed by atoms with Crippen LogP contribution >= 0.6 is 0 Å². The van der Waals surface area contributed by atoms with Crippen molar-refractivity contribution < 1.29 is 19.1 Å². The van der Waals surface area contributed by atoms with E-state index in [1.54, 1.807) is 0 Å². The number of esters is 1. The Balaban J connectivity index is 2.05. The highest BCUT2D eigenvalue weighted by atomic mass is 16.5. The number of hydrogen-bond donors (Lipinski definition) is 3. The highest BCUT2D eigenvalue weighted by molar-refractivity contribution is 5.96. The smallest absolute Gasteiger partial charge is 0.329 e. The lowest BCUT2D eigenvalue weighted by Crippen LogP contribution is -2.47. The van der Waals surface area contributed by atoms with Gasteiger partial charge in [-0.25, -0.2) is 9.59 Å². The Hall–Kier alpha value is -3.35. The Labute approximate surface area is 177 Å². The van der Waals surface area contributed by atoms with Crippen molar-refractivity contribution in [2.24, 2.45) is 5.73 Å². The zero-order valence-corrected chi connectivity index (χ0v) is 17.6. The maximum absolute atomic E-state index is 12.6. The van der Waals surface area contributed by atoms with E-state index in [2.05, 4.69) is 24.5 Å². The van der Waals surface area contributed by atoms with Crippen molar-refractivity contribution in [1.29, 1.82) is 0 Å². The number of amides is 3. The fraction of sp³-hybridized carbons (Fsp3) is 0.348. The fourth-order valence-corrected chi connectivity index (χ4v) is 3.02. The average molecular weight is 412 g/mol. The molecule has 2 rings (SSSR count). The van der Waals surface area contributed by atoms with Gasteiger partial charge in [0.1, 0.15) is 6.04 Å². The monoisotopic (exact) mass is 411 g/mol. The normalized spacial score (nSPS) is 13.6. The predicted octanol–water partition coefficient (Wildman–Crippen LogP) is 3.35. The molecule has 3 amide bonds. The first-order valence-corrected chi connectivity index (χ1v) is 10.0. The van der Waals surface area contributed by atoms with Crippen molar-refractivity contribution in [1.82, 2.24) is 5.32 Å². The lowest BCUT2D eigenvalue weighted by atomic mass is 9.97. The van der Waals surface area contributed by atoms with Crippen LogP contribution in [0.15, 0.2) is 54.6 Å². The van der Waals surface area contributed by atoms with Crippen LogP contribution in [0.25, 0.3) is 0 Å². The van der Waals surface area contributed by atoms with Gasteiger partial charge in [0, 0.05) is 12.1 Å². The van der Waals surface area contributed by atoms with E-state index < -0.39 is 30.1 Å². The molecule has 0 heterocycles. The maximum atomic E-state index is 12.6. The summed E-state index contributed by atoms with van der Waals surface area (Å²) >= 11 is 0. The predicted molar refractivity (Wildman–Crippen MR) is 116 cm³/mol. The van der Waals surface area contributed by atoms with E-state index in [4.69, 9.17) is 10.5 Å². The van der Waals surface area contributed by atoms with E-state index in [1.807, 2.05) is 54.6 Å². The molecule has 2 aromatic carbocycles. The zero-order valence-electron chi connectivity index (χ0n) is 17.6. The van der Waals surface area contributed by atoms with Gasteiger partial charge in [-0.3, -0.25) is 4.79 Å². The molecule has 160 valence electrons.